The van der Waals surface area contributed by atoms with Gasteiger partial charge in [0.1, 0.15) is 6.61 Å². The molecule has 0 aliphatic carbocycles. The Hall–Kier alpha value is -0.220. The molecule has 1 rings (SSSR count). The van der Waals surface area contributed by atoms with Gasteiger partial charge in [-0.25, -0.2) is 0 Å². The quantitative estimate of drug-likeness (QED) is 0.700. The van der Waals surface area contributed by atoms with Crippen LogP contribution in [0.4, 0.5) is 0 Å². The molecule has 1 aliphatic rings. The minimum absolute atomic E-state index is 0.125. The molecular weight excluding hydrogens is 198 g/mol. The van der Waals surface area contributed by atoms with Crippen LogP contribution in [0.3, 0.4) is 0 Å². The first kappa shape index (κ1) is 11.9. The Balaban J connectivity index is 2.27. The van der Waals surface area contributed by atoms with E-state index in [2.05, 4.69) is 0 Å². The Morgan fingerprint density at radius 3 is 2.43 bits per heavy atom. The monoisotopic (exact) mass is 217 g/mol. The van der Waals surface area contributed by atoms with Crippen LogP contribution < -0.4 is 0 Å². The number of hydrogen-bond donors (Lipinski definition) is 0. The third kappa shape index (κ3) is 4.33. The zero-order valence-corrected chi connectivity index (χ0v) is 10.0. The molecule has 1 saturated heterocycles. The maximum atomic E-state index is 11.6. The van der Waals surface area contributed by atoms with Crippen LogP contribution in [-0.2, 0) is 9.53 Å². The summed E-state index contributed by atoms with van der Waals surface area (Å²) in [5.41, 5.74) is -0.222. The van der Waals surface area contributed by atoms with E-state index >= 15 is 0 Å². The Bertz CT molecular complexity index is 195. The van der Waals surface area contributed by atoms with Gasteiger partial charge in [-0.15, -0.1) is 0 Å². The van der Waals surface area contributed by atoms with Crippen LogP contribution in [0, 0.1) is 0 Å². The van der Waals surface area contributed by atoms with E-state index in [0.29, 0.717) is 0 Å². The van der Waals surface area contributed by atoms with Gasteiger partial charge in [0.2, 0.25) is 5.91 Å². The summed E-state index contributed by atoms with van der Waals surface area (Å²) in [4.78, 5) is 13.5. The highest BCUT2D eigenvalue weighted by molar-refractivity contribution is 7.99. The number of amides is 1. The molecule has 0 aromatic heterocycles. The third-order valence-electron chi connectivity index (χ3n) is 1.99. The molecule has 1 fully saturated rings. The standard InChI is InChI=1S/C10H19NO2S/c1-10(2,3)13-8-9(12)11-4-6-14-7-5-11/h4-8H2,1-3H3. The second kappa shape index (κ2) is 5.03. The van der Waals surface area contributed by atoms with E-state index < -0.39 is 0 Å². The fraction of sp³-hybridized carbons (Fsp3) is 0.900. The third-order valence-corrected chi connectivity index (χ3v) is 2.93. The van der Waals surface area contributed by atoms with Gasteiger partial charge in [0.05, 0.1) is 5.60 Å². The van der Waals surface area contributed by atoms with Gasteiger partial charge in [-0.1, -0.05) is 0 Å². The van der Waals surface area contributed by atoms with Crippen molar-refractivity contribution in [2.75, 3.05) is 31.2 Å². The van der Waals surface area contributed by atoms with Gasteiger partial charge in [0.25, 0.3) is 0 Å². The van der Waals surface area contributed by atoms with Crippen molar-refractivity contribution in [3.05, 3.63) is 0 Å². The lowest BCUT2D eigenvalue weighted by Crippen LogP contribution is -2.41. The van der Waals surface area contributed by atoms with Crippen molar-refractivity contribution >= 4 is 17.7 Å². The topological polar surface area (TPSA) is 29.5 Å². The van der Waals surface area contributed by atoms with Crippen LogP contribution in [0.15, 0.2) is 0 Å². The molecule has 82 valence electrons. The number of nitrogens with zero attached hydrogens (tertiary/aromatic N) is 1. The van der Waals surface area contributed by atoms with E-state index in [9.17, 15) is 4.79 Å². The number of ether oxygens (including phenoxy) is 1. The number of hydrogen-bond acceptors (Lipinski definition) is 3. The summed E-state index contributed by atoms with van der Waals surface area (Å²) >= 11 is 1.90. The second-order valence-corrected chi connectivity index (χ2v) is 5.62. The molecule has 0 radical (unpaired) electrons. The molecule has 0 saturated carbocycles. The second-order valence-electron chi connectivity index (χ2n) is 4.39. The molecule has 0 bridgehead atoms. The minimum atomic E-state index is -0.222. The molecule has 3 nitrogen and oxygen atoms in total. The maximum Gasteiger partial charge on any atom is 0.248 e. The zero-order valence-electron chi connectivity index (χ0n) is 9.21. The predicted molar refractivity (Wildman–Crippen MR) is 59.6 cm³/mol. The summed E-state index contributed by atoms with van der Waals surface area (Å²) in [6, 6.07) is 0. The summed E-state index contributed by atoms with van der Waals surface area (Å²) in [6.07, 6.45) is 0. The van der Waals surface area contributed by atoms with Crippen molar-refractivity contribution in [2.45, 2.75) is 26.4 Å². The highest BCUT2D eigenvalue weighted by atomic mass is 32.2. The molecule has 1 heterocycles. The Labute approximate surface area is 90.2 Å². The van der Waals surface area contributed by atoms with Crippen molar-refractivity contribution < 1.29 is 9.53 Å². The van der Waals surface area contributed by atoms with Crippen molar-refractivity contribution in [3.63, 3.8) is 0 Å². The van der Waals surface area contributed by atoms with Crippen LogP contribution in [0.5, 0.6) is 0 Å². The fourth-order valence-corrected chi connectivity index (χ4v) is 2.09. The fourth-order valence-electron chi connectivity index (χ4n) is 1.18. The maximum absolute atomic E-state index is 11.6. The van der Waals surface area contributed by atoms with Crippen LogP contribution in [0.2, 0.25) is 0 Å². The van der Waals surface area contributed by atoms with Crippen molar-refractivity contribution in [1.82, 2.24) is 4.90 Å². The molecule has 0 spiro atoms. The number of carbonyl (C=O) groups is 1. The van der Waals surface area contributed by atoms with Gasteiger partial charge >= 0.3 is 0 Å². The predicted octanol–water partition coefficient (Wildman–Crippen LogP) is 1.38. The summed E-state index contributed by atoms with van der Waals surface area (Å²) in [5, 5.41) is 0. The van der Waals surface area contributed by atoms with Gasteiger partial charge in [0, 0.05) is 24.6 Å². The van der Waals surface area contributed by atoms with Crippen LogP contribution in [0.1, 0.15) is 20.8 Å². The van der Waals surface area contributed by atoms with Gasteiger partial charge in [0.15, 0.2) is 0 Å². The Morgan fingerprint density at radius 1 is 1.36 bits per heavy atom. The largest absolute Gasteiger partial charge is 0.366 e. The average Bonchev–Trinajstić information content (AvgIpc) is 2.14. The first-order valence-electron chi connectivity index (χ1n) is 4.98. The van der Waals surface area contributed by atoms with E-state index in [-0.39, 0.29) is 18.1 Å². The van der Waals surface area contributed by atoms with Gasteiger partial charge < -0.3 is 9.64 Å². The van der Waals surface area contributed by atoms with E-state index in [1.54, 1.807) is 0 Å². The van der Waals surface area contributed by atoms with Crippen molar-refractivity contribution in [1.29, 1.82) is 0 Å². The molecule has 1 aliphatic heterocycles. The van der Waals surface area contributed by atoms with Gasteiger partial charge in [-0.3, -0.25) is 4.79 Å². The highest BCUT2D eigenvalue weighted by Crippen LogP contribution is 2.11. The molecule has 0 aromatic rings. The average molecular weight is 217 g/mol. The molecule has 14 heavy (non-hydrogen) atoms. The SMILES string of the molecule is CC(C)(C)OCC(=O)N1CCSCC1. The molecule has 4 heteroatoms. The molecule has 0 aromatic carbocycles. The number of thioether (sulfide) groups is 1. The Morgan fingerprint density at radius 2 is 1.93 bits per heavy atom. The molecule has 0 atom stereocenters. The molecule has 0 unspecified atom stereocenters. The first-order chi connectivity index (χ1) is 6.49. The molecular formula is C10H19NO2S. The number of carbonyl (C=O) groups excluding carboxylic acids is 1. The van der Waals surface area contributed by atoms with Crippen LogP contribution >= 0.6 is 11.8 Å². The first-order valence-corrected chi connectivity index (χ1v) is 6.14. The summed E-state index contributed by atoms with van der Waals surface area (Å²) < 4.78 is 5.45. The van der Waals surface area contributed by atoms with E-state index in [1.807, 2.05) is 37.4 Å². The minimum Gasteiger partial charge on any atom is -0.366 e. The smallest absolute Gasteiger partial charge is 0.248 e. The van der Waals surface area contributed by atoms with Gasteiger partial charge in [-0.05, 0) is 20.8 Å². The number of rotatable bonds is 2. The van der Waals surface area contributed by atoms with E-state index in [0.717, 1.165) is 24.6 Å². The summed E-state index contributed by atoms with van der Waals surface area (Å²) in [6.45, 7) is 7.85. The van der Waals surface area contributed by atoms with Crippen molar-refractivity contribution in [2.24, 2.45) is 0 Å². The van der Waals surface area contributed by atoms with E-state index in [4.69, 9.17) is 4.74 Å². The van der Waals surface area contributed by atoms with Crippen LogP contribution in [-0.4, -0.2) is 47.6 Å². The summed E-state index contributed by atoms with van der Waals surface area (Å²) in [7, 11) is 0. The highest BCUT2D eigenvalue weighted by Gasteiger charge is 2.19. The lowest BCUT2D eigenvalue weighted by molar-refractivity contribution is -0.140. The zero-order chi connectivity index (χ0) is 10.6. The van der Waals surface area contributed by atoms with E-state index in [1.165, 1.54) is 0 Å². The molecule has 1 amide bonds. The van der Waals surface area contributed by atoms with Crippen molar-refractivity contribution in [3.8, 4) is 0 Å². The lowest BCUT2D eigenvalue weighted by atomic mass is 10.2. The normalized spacial score (nSPS) is 18.4. The summed E-state index contributed by atoms with van der Waals surface area (Å²) in [5.74, 6) is 2.24. The lowest BCUT2D eigenvalue weighted by Gasteiger charge is -2.28. The molecule has 0 N–H and O–H groups in total. The Kier molecular flexibility index (Phi) is 4.26. The van der Waals surface area contributed by atoms with Crippen LogP contribution in [0.25, 0.3) is 0 Å². The van der Waals surface area contributed by atoms with Gasteiger partial charge in [-0.2, -0.15) is 11.8 Å².